The molecule has 1 amide bonds. The van der Waals surface area contributed by atoms with Gasteiger partial charge in [-0.1, -0.05) is 35.9 Å². The van der Waals surface area contributed by atoms with Crippen molar-refractivity contribution >= 4 is 29.0 Å². The van der Waals surface area contributed by atoms with Gasteiger partial charge in [-0.2, -0.15) is 0 Å². The summed E-state index contributed by atoms with van der Waals surface area (Å²) in [7, 11) is 0. The van der Waals surface area contributed by atoms with Crippen molar-refractivity contribution in [3.63, 3.8) is 0 Å². The number of aliphatic hydroxyl groups is 1. The summed E-state index contributed by atoms with van der Waals surface area (Å²) in [6.45, 7) is 2.05. The fourth-order valence-corrected chi connectivity index (χ4v) is 5.22. The third-order valence-corrected chi connectivity index (χ3v) is 7.08. The summed E-state index contributed by atoms with van der Waals surface area (Å²) in [4.78, 5) is 13.3. The normalized spacial score (nSPS) is 26.1. The number of ether oxygens (including phenoxy) is 1. The molecule has 4 atom stereocenters. The standard InChI is InChI=1S/C22H28ClN3O3S/c23-20-8-7-19(30-20)15-5-3-14(4-6-15)12-17-21(18(27)13-26-17)29-22(28)25-11-9-16-2-1-10-24-16/h3-8,16-18,21,24,26-27H,1-2,9-13H2,(H,25,28)/t16-,17+,18-,21-/m0/s1. The molecule has 1 aromatic heterocycles. The zero-order chi connectivity index (χ0) is 20.9. The van der Waals surface area contributed by atoms with Crippen LogP contribution in [0.2, 0.25) is 4.34 Å². The summed E-state index contributed by atoms with van der Waals surface area (Å²) in [6, 6.07) is 12.6. The van der Waals surface area contributed by atoms with Crippen LogP contribution in [0.15, 0.2) is 36.4 Å². The highest BCUT2D eigenvalue weighted by molar-refractivity contribution is 7.19. The Morgan fingerprint density at radius 3 is 2.77 bits per heavy atom. The van der Waals surface area contributed by atoms with E-state index in [0.717, 1.165) is 39.7 Å². The molecule has 2 fully saturated rings. The molecule has 6 nitrogen and oxygen atoms in total. The Labute approximate surface area is 186 Å². The van der Waals surface area contributed by atoms with Gasteiger partial charge in [-0.25, -0.2) is 4.79 Å². The molecule has 1 aromatic carbocycles. The van der Waals surface area contributed by atoms with Crippen molar-refractivity contribution in [2.24, 2.45) is 0 Å². The van der Waals surface area contributed by atoms with Gasteiger partial charge in [0.25, 0.3) is 0 Å². The van der Waals surface area contributed by atoms with E-state index in [2.05, 4.69) is 40.2 Å². The summed E-state index contributed by atoms with van der Waals surface area (Å²) in [5.74, 6) is 0. The minimum atomic E-state index is -0.704. The molecule has 0 aliphatic carbocycles. The van der Waals surface area contributed by atoms with Gasteiger partial charge in [0, 0.05) is 24.0 Å². The number of carbonyl (C=O) groups excluding carboxylic acids is 1. The fraction of sp³-hybridized carbons (Fsp3) is 0.500. The maximum absolute atomic E-state index is 12.2. The van der Waals surface area contributed by atoms with Crippen LogP contribution in [0, 0.1) is 0 Å². The Hall–Kier alpha value is -1.64. The number of benzene rings is 1. The van der Waals surface area contributed by atoms with Crippen molar-refractivity contribution < 1.29 is 14.6 Å². The molecule has 162 valence electrons. The molecule has 4 N–H and O–H groups in total. The highest BCUT2D eigenvalue weighted by Crippen LogP contribution is 2.31. The van der Waals surface area contributed by atoms with E-state index < -0.39 is 18.3 Å². The van der Waals surface area contributed by atoms with E-state index in [-0.39, 0.29) is 6.04 Å². The van der Waals surface area contributed by atoms with Crippen LogP contribution in [0.1, 0.15) is 24.8 Å². The number of halogens is 1. The lowest BCUT2D eigenvalue weighted by Gasteiger charge is -2.22. The molecular formula is C22H28ClN3O3S. The number of aliphatic hydroxyl groups excluding tert-OH is 1. The first-order chi connectivity index (χ1) is 14.6. The van der Waals surface area contributed by atoms with Gasteiger partial charge < -0.3 is 25.8 Å². The third kappa shape index (κ3) is 5.53. The van der Waals surface area contributed by atoms with Crippen LogP contribution in [0.25, 0.3) is 10.4 Å². The zero-order valence-corrected chi connectivity index (χ0v) is 18.3. The molecular weight excluding hydrogens is 422 g/mol. The molecule has 2 aliphatic rings. The maximum Gasteiger partial charge on any atom is 0.407 e. The molecule has 0 unspecified atom stereocenters. The van der Waals surface area contributed by atoms with Crippen LogP contribution >= 0.6 is 22.9 Å². The molecule has 3 heterocycles. The van der Waals surface area contributed by atoms with Crippen LogP contribution < -0.4 is 16.0 Å². The highest BCUT2D eigenvalue weighted by atomic mass is 35.5. The third-order valence-electron chi connectivity index (χ3n) is 5.80. The number of hydrogen-bond acceptors (Lipinski definition) is 6. The summed E-state index contributed by atoms with van der Waals surface area (Å²) in [6.07, 6.45) is 2.19. The molecule has 8 heteroatoms. The Bertz CT molecular complexity index is 838. The zero-order valence-electron chi connectivity index (χ0n) is 16.8. The van der Waals surface area contributed by atoms with E-state index in [0.29, 0.717) is 25.6 Å². The van der Waals surface area contributed by atoms with E-state index in [1.54, 1.807) is 11.3 Å². The van der Waals surface area contributed by atoms with Crippen molar-refractivity contribution in [1.82, 2.24) is 16.0 Å². The minimum absolute atomic E-state index is 0.121. The predicted octanol–water partition coefficient (Wildman–Crippen LogP) is 3.18. The van der Waals surface area contributed by atoms with Crippen molar-refractivity contribution in [3.8, 4) is 10.4 Å². The lowest BCUT2D eigenvalue weighted by atomic mass is 10.0. The van der Waals surface area contributed by atoms with Gasteiger partial charge in [0.15, 0.2) is 0 Å². The number of carbonyl (C=O) groups is 1. The number of rotatable bonds is 7. The Balaban J connectivity index is 1.29. The molecule has 2 saturated heterocycles. The number of nitrogens with one attached hydrogen (secondary N) is 3. The fourth-order valence-electron chi connectivity index (χ4n) is 4.17. The first-order valence-corrected chi connectivity index (χ1v) is 11.7. The maximum atomic E-state index is 12.2. The van der Waals surface area contributed by atoms with Gasteiger partial charge in [0.1, 0.15) is 12.2 Å². The number of β-amino-alcohol motifs (C(OH)–C–C–N with tert-alkyl or cyclic N) is 1. The highest BCUT2D eigenvalue weighted by Gasteiger charge is 2.37. The van der Waals surface area contributed by atoms with E-state index in [9.17, 15) is 9.90 Å². The SMILES string of the molecule is O=C(NCC[C@@H]1CCCN1)O[C@@H]1[C@@H](O)CN[C@@H]1Cc1ccc(-c2ccc(Cl)s2)cc1. The van der Waals surface area contributed by atoms with E-state index in [1.807, 2.05) is 12.1 Å². The van der Waals surface area contributed by atoms with Crippen molar-refractivity contribution in [2.45, 2.75) is 50.0 Å². The summed E-state index contributed by atoms with van der Waals surface area (Å²) in [5, 5.41) is 19.8. The monoisotopic (exact) mass is 449 g/mol. The number of alkyl carbamates (subject to hydrolysis) is 1. The molecule has 2 aliphatic heterocycles. The van der Waals surface area contributed by atoms with Crippen molar-refractivity contribution in [3.05, 3.63) is 46.3 Å². The number of thiophene rings is 1. The van der Waals surface area contributed by atoms with Crippen molar-refractivity contribution in [1.29, 1.82) is 0 Å². The molecule has 0 spiro atoms. The Morgan fingerprint density at radius 1 is 1.23 bits per heavy atom. The summed E-state index contributed by atoms with van der Waals surface area (Å²) >= 11 is 7.58. The lowest BCUT2D eigenvalue weighted by molar-refractivity contribution is 0.0189. The predicted molar refractivity (Wildman–Crippen MR) is 120 cm³/mol. The molecule has 4 rings (SSSR count). The van der Waals surface area contributed by atoms with Gasteiger partial charge in [-0.05, 0) is 55.5 Å². The van der Waals surface area contributed by atoms with E-state index in [4.69, 9.17) is 16.3 Å². The quantitative estimate of drug-likeness (QED) is 0.522. The second-order valence-corrected chi connectivity index (χ2v) is 9.68. The Morgan fingerprint density at radius 2 is 2.07 bits per heavy atom. The van der Waals surface area contributed by atoms with E-state index >= 15 is 0 Å². The lowest BCUT2D eigenvalue weighted by Crippen LogP contribution is -2.42. The van der Waals surface area contributed by atoms with Gasteiger partial charge in [0.05, 0.1) is 10.4 Å². The summed E-state index contributed by atoms with van der Waals surface area (Å²) in [5.41, 5.74) is 2.24. The van der Waals surface area contributed by atoms with Crippen molar-refractivity contribution in [2.75, 3.05) is 19.6 Å². The number of amides is 1. The van der Waals surface area contributed by atoms with Gasteiger partial charge in [-0.3, -0.25) is 0 Å². The smallest absolute Gasteiger partial charge is 0.407 e. The molecule has 0 bridgehead atoms. The molecule has 0 radical (unpaired) electrons. The van der Waals surface area contributed by atoms with Crippen LogP contribution in [-0.4, -0.2) is 55.1 Å². The average Bonchev–Trinajstić information content (AvgIpc) is 3.47. The van der Waals surface area contributed by atoms with Gasteiger partial charge in [-0.15, -0.1) is 11.3 Å². The molecule has 0 saturated carbocycles. The second-order valence-electron chi connectivity index (χ2n) is 7.97. The van der Waals surface area contributed by atoms with Gasteiger partial charge in [0.2, 0.25) is 0 Å². The van der Waals surface area contributed by atoms with Crippen LogP contribution in [-0.2, 0) is 11.2 Å². The Kier molecular flexibility index (Phi) is 7.28. The topological polar surface area (TPSA) is 82.6 Å². The molecule has 2 aromatic rings. The first kappa shape index (κ1) is 21.6. The van der Waals surface area contributed by atoms with Crippen LogP contribution in [0.5, 0.6) is 0 Å². The van der Waals surface area contributed by atoms with E-state index in [1.165, 1.54) is 6.42 Å². The summed E-state index contributed by atoms with van der Waals surface area (Å²) < 4.78 is 6.35. The van der Waals surface area contributed by atoms with Crippen LogP contribution in [0.3, 0.4) is 0 Å². The second kappa shape index (κ2) is 10.1. The largest absolute Gasteiger partial charge is 0.442 e. The minimum Gasteiger partial charge on any atom is -0.442 e. The number of hydrogen-bond donors (Lipinski definition) is 4. The van der Waals surface area contributed by atoms with Crippen LogP contribution in [0.4, 0.5) is 4.79 Å². The average molecular weight is 450 g/mol. The first-order valence-electron chi connectivity index (χ1n) is 10.5. The molecule has 30 heavy (non-hydrogen) atoms. The van der Waals surface area contributed by atoms with Gasteiger partial charge >= 0.3 is 6.09 Å².